The van der Waals surface area contributed by atoms with Crippen LogP contribution in [0.25, 0.3) is 16.7 Å². The number of aromatic hydroxyl groups is 3. The van der Waals surface area contributed by atoms with Crippen LogP contribution in [0.5, 0.6) is 17.2 Å². The fraction of sp³-hybridized carbons (Fsp3) is 0.455. The smallest absolute Gasteiger partial charge is 0.508 e. The number of phenols is 3. The summed E-state index contributed by atoms with van der Waals surface area (Å²) >= 11 is 0. The number of aliphatic hydroxyl groups is 1. The average Bonchev–Trinajstić information content (AvgIpc) is 1.54. The van der Waals surface area contributed by atoms with E-state index in [4.69, 9.17) is 4.74 Å². The van der Waals surface area contributed by atoms with E-state index in [2.05, 4.69) is 119 Å². The van der Waals surface area contributed by atoms with Crippen LogP contribution in [0.2, 0.25) is 0 Å². The van der Waals surface area contributed by atoms with Gasteiger partial charge in [-0.15, -0.1) is 0 Å². The SMILES string of the molecule is C1CCCC1.C1CCCC1.C1CCCC1.COC(=O)CC/C(=C(\c1ccc(C)cc1)c1ccc(O)cc1)C1CCCC1.Cc1ccc(/C(=C(/CCCCN2C(=O)c3ccccc3C2C)C2CCCC2)c2ccc(O)cc2)cc1.Cc1ccc(/C(=C(\CCCO)C2CCCC2)c2ccc(O)cc2)cc1.[CH3-].[CH3-].[CH3-].[CH3-].[Fe].[Ru+2].[Ru+2]. The van der Waals surface area contributed by atoms with Crippen LogP contribution >= 0.6 is 0 Å². The first-order valence-corrected chi connectivity index (χ1v) is 40.2. The predicted molar refractivity (Wildman–Crippen MR) is 454 cm³/mol. The standard InChI is InChI=1S/C33H37NO2.C24H28O3.C23H28O2.3C5H10.4CH3.Fe.2Ru/c1-23-14-16-26(17-15-23)32(27-18-20-28(35)21-19-27)30(25-9-3-4-10-25)12-7-8-22-34-24(2)29-11-5-6-13-31(29)33(34)36;1-17-7-9-19(10-8-17)24(20-11-13-21(25)14-12-20)22(15-16-23(26)27-2)18-5-3-4-6-18;1-17-8-10-19(11-9-17)23(20-12-14-21(25)15-13-20)22(7-4-16-24)18-5-2-3-6-18;3*1-2-4-5-3-1;;;;;;;/h5-6,11,13-21,24-25,35H,3-4,7-10,12,22H2,1-2H3;7-14,18,25H,3-6,15-16H2,1-2H3;8-15,18,24-25H,2-7,16H2,1H3;3*1-5H2;4*1H3;;;/q;;;;;;4*-1;;2*+2/b32-30+;24-22-;23-22-;;;;;;;;;;. The molecule has 1 amide bonds. The molecule has 6 saturated carbocycles. The predicted octanol–water partition coefficient (Wildman–Crippen LogP) is 26.8. The van der Waals surface area contributed by atoms with Gasteiger partial charge in [0.1, 0.15) is 17.2 Å². The molecule has 0 radical (unpaired) electrons. The molecule has 11 heteroatoms. The van der Waals surface area contributed by atoms with E-state index in [0.717, 1.165) is 66.5 Å². The van der Waals surface area contributed by atoms with Gasteiger partial charge in [-0.3, -0.25) is 9.59 Å². The number of nitrogens with zero attached hydrogens (tertiary/aromatic N) is 1. The van der Waals surface area contributed by atoms with E-state index in [-0.39, 0.29) is 116 Å². The Kier molecular flexibility index (Phi) is 49.5. The minimum Gasteiger partial charge on any atom is -0.508 e. The number of benzene rings is 7. The second-order valence-corrected chi connectivity index (χ2v) is 30.3. The minimum absolute atomic E-state index is 0. The van der Waals surface area contributed by atoms with Crippen LogP contribution in [0.3, 0.4) is 0 Å². The van der Waals surface area contributed by atoms with E-state index in [1.54, 1.807) is 42.0 Å². The molecule has 6 aliphatic carbocycles. The summed E-state index contributed by atoms with van der Waals surface area (Å²) in [7, 11) is 1.45. The number of amides is 1. The first-order chi connectivity index (χ1) is 50.3. The van der Waals surface area contributed by atoms with Crippen LogP contribution in [0.4, 0.5) is 0 Å². The number of phenolic OH excluding ortho intramolecular Hbond substituents is 3. The number of aryl methyl sites for hydroxylation is 3. The number of hydrogen-bond donors (Lipinski definition) is 4. The molecule has 14 rings (SSSR count). The molecule has 0 saturated heterocycles. The molecule has 0 spiro atoms. The molecular weight excluding hydrogens is 1570 g/mol. The molecule has 0 aromatic heterocycles. The van der Waals surface area contributed by atoms with Crippen LogP contribution < -0.4 is 0 Å². The van der Waals surface area contributed by atoms with Crippen molar-refractivity contribution in [1.29, 1.82) is 0 Å². The Morgan fingerprint density at radius 2 is 0.655 bits per heavy atom. The molecule has 1 aliphatic heterocycles. The quantitative estimate of drug-likeness (QED) is 0.0259. The zero-order valence-corrected chi connectivity index (χ0v) is 73.0. The van der Waals surface area contributed by atoms with Gasteiger partial charge >= 0.3 is 44.9 Å². The summed E-state index contributed by atoms with van der Waals surface area (Å²) in [6.45, 7) is 9.50. The Labute approximate surface area is 703 Å². The van der Waals surface area contributed by atoms with Crippen molar-refractivity contribution in [1.82, 2.24) is 4.90 Å². The van der Waals surface area contributed by atoms with Crippen LogP contribution in [0.15, 0.2) is 187 Å². The van der Waals surface area contributed by atoms with Crippen molar-refractivity contribution in [2.45, 2.75) is 252 Å². The van der Waals surface area contributed by atoms with Gasteiger partial charge in [0, 0.05) is 42.2 Å². The summed E-state index contributed by atoms with van der Waals surface area (Å²) in [5.74, 6) is 2.58. The van der Waals surface area contributed by atoms with Gasteiger partial charge in [-0.2, -0.15) is 0 Å². The van der Waals surface area contributed by atoms with Gasteiger partial charge in [0.05, 0.1) is 13.2 Å². The van der Waals surface area contributed by atoms with Gasteiger partial charge in [0.25, 0.3) is 5.91 Å². The molecule has 8 nitrogen and oxygen atoms in total. The first kappa shape index (κ1) is 99.9. The van der Waals surface area contributed by atoms with Gasteiger partial charge in [-0.1, -0.05) is 296 Å². The molecule has 110 heavy (non-hydrogen) atoms. The Morgan fingerprint density at radius 3 is 0.936 bits per heavy atom. The van der Waals surface area contributed by atoms with Crippen molar-refractivity contribution in [2.24, 2.45) is 17.8 Å². The Balaban J connectivity index is 0.000000500. The summed E-state index contributed by atoms with van der Waals surface area (Å²) in [6.07, 6.45) is 43.4. The van der Waals surface area contributed by atoms with Crippen molar-refractivity contribution in [3.8, 4) is 17.2 Å². The molecule has 6 fully saturated rings. The zero-order valence-electron chi connectivity index (χ0n) is 68.5. The maximum atomic E-state index is 13.0. The van der Waals surface area contributed by atoms with Crippen LogP contribution in [0, 0.1) is 68.2 Å². The molecule has 1 unspecified atom stereocenters. The number of allylic oxidation sites excluding steroid dienone is 3. The van der Waals surface area contributed by atoms with Gasteiger partial charge in [0.2, 0.25) is 0 Å². The van der Waals surface area contributed by atoms with Crippen LogP contribution in [-0.4, -0.2) is 57.5 Å². The van der Waals surface area contributed by atoms with E-state index in [1.165, 1.54) is 242 Å². The largest absolute Gasteiger partial charge is 2.00 e. The third-order valence-corrected chi connectivity index (χ3v) is 22.6. The molecule has 1 atom stereocenters. The molecule has 7 aromatic rings. The number of fused-ring (bicyclic) bond motifs is 1. The topological polar surface area (TPSA) is 128 Å². The third kappa shape index (κ3) is 31.0. The summed E-state index contributed by atoms with van der Waals surface area (Å²) in [6, 6.07) is 57.0. The van der Waals surface area contributed by atoms with Gasteiger partial charge in [-0.25, -0.2) is 0 Å². The summed E-state index contributed by atoms with van der Waals surface area (Å²) in [5, 5.41) is 38.7. The first-order valence-electron chi connectivity index (χ1n) is 40.2. The average molecular weight is 1710 g/mol. The van der Waals surface area contributed by atoms with Crippen LogP contribution in [-0.2, 0) is 65.6 Å². The number of unbranched alkanes of at least 4 members (excludes halogenated alkanes) is 1. The maximum Gasteiger partial charge on any atom is 2.00 e. The van der Waals surface area contributed by atoms with E-state index in [0.29, 0.717) is 42.1 Å². The number of carbonyl (C=O) groups excluding carboxylic acids is 2. The number of ether oxygens (including phenoxy) is 1. The van der Waals surface area contributed by atoms with E-state index in [1.807, 2.05) is 47.4 Å². The molecule has 7 aromatic carbocycles. The van der Waals surface area contributed by atoms with Crippen molar-refractivity contribution in [3.05, 3.63) is 277 Å². The number of methoxy groups -OCH3 is 1. The molecular formula is C99H135FeNO7Ru2. The summed E-state index contributed by atoms with van der Waals surface area (Å²) in [4.78, 5) is 26.9. The normalized spacial score (nSPS) is 16.8. The van der Waals surface area contributed by atoms with Gasteiger partial charge in [0.15, 0.2) is 0 Å². The van der Waals surface area contributed by atoms with Crippen LogP contribution in [0.1, 0.15) is 297 Å². The molecule has 4 N–H and O–H groups in total. The number of esters is 1. The summed E-state index contributed by atoms with van der Waals surface area (Å²) in [5.41, 5.74) is 21.0. The second kappa shape index (κ2) is 54.5. The Hall–Kier alpha value is -6.17. The minimum atomic E-state index is -0.167. The van der Waals surface area contributed by atoms with Crippen molar-refractivity contribution in [3.63, 3.8) is 0 Å². The van der Waals surface area contributed by atoms with Crippen molar-refractivity contribution in [2.75, 3.05) is 20.3 Å². The molecule has 602 valence electrons. The van der Waals surface area contributed by atoms with E-state index in [9.17, 15) is 30.0 Å². The van der Waals surface area contributed by atoms with Crippen molar-refractivity contribution >= 4 is 28.6 Å². The Bertz CT molecular complexity index is 3570. The molecule has 0 bridgehead atoms. The van der Waals surface area contributed by atoms with E-state index < -0.39 is 0 Å². The van der Waals surface area contributed by atoms with E-state index >= 15 is 0 Å². The zero-order chi connectivity index (χ0) is 72.6. The number of carbonyl (C=O) groups is 2. The number of hydrogen-bond acceptors (Lipinski definition) is 7. The number of rotatable bonds is 20. The fourth-order valence-electron chi connectivity index (χ4n) is 16.8. The second-order valence-electron chi connectivity index (χ2n) is 30.3. The van der Waals surface area contributed by atoms with Gasteiger partial charge in [-0.05, 0) is 221 Å². The Morgan fingerprint density at radius 1 is 0.382 bits per heavy atom. The van der Waals surface area contributed by atoms with Gasteiger partial charge < -0.3 is 59.8 Å². The molecule has 1 heterocycles. The molecule has 7 aliphatic rings. The summed E-state index contributed by atoms with van der Waals surface area (Å²) < 4.78 is 4.89. The fourth-order valence-corrected chi connectivity index (χ4v) is 16.8. The monoisotopic (exact) mass is 1710 g/mol. The van der Waals surface area contributed by atoms with Crippen molar-refractivity contribution < 1.29 is 90.8 Å². The maximum absolute atomic E-state index is 13.0. The number of aliphatic hydroxyl groups excluding tert-OH is 1. The third-order valence-electron chi connectivity index (χ3n) is 22.6.